The Morgan fingerprint density at radius 1 is 1.44 bits per heavy atom. The zero-order valence-corrected chi connectivity index (χ0v) is 8.99. The van der Waals surface area contributed by atoms with Crippen LogP contribution in [0.1, 0.15) is 18.1 Å². The molecule has 0 bridgehead atoms. The first-order chi connectivity index (χ1) is 7.21. The third-order valence-corrected chi connectivity index (χ3v) is 2.26. The lowest BCUT2D eigenvalue weighted by Gasteiger charge is -2.11. The maximum atomic E-state index is 12.3. The van der Waals surface area contributed by atoms with E-state index in [1.54, 1.807) is 0 Å². The number of halogens is 4. The number of rotatable bonds is 2. The summed E-state index contributed by atoms with van der Waals surface area (Å²) in [6, 6.07) is 1.25. The second-order valence-electron chi connectivity index (χ2n) is 3.33. The molecule has 1 rings (SSSR count). The van der Waals surface area contributed by atoms with E-state index in [0.717, 1.165) is 0 Å². The number of ketones is 1. The van der Waals surface area contributed by atoms with Gasteiger partial charge in [-0.15, -0.1) is 0 Å². The van der Waals surface area contributed by atoms with E-state index in [9.17, 15) is 23.1 Å². The zero-order chi connectivity index (χ0) is 12.5. The van der Waals surface area contributed by atoms with Crippen LogP contribution >= 0.6 is 11.6 Å². The van der Waals surface area contributed by atoms with E-state index in [1.807, 2.05) is 0 Å². The van der Waals surface area contributed by atoms with Gasteiger partial charge in [0.25, 0.3) is 0 Å². The van der Waals surface area contributed by atoms with E-state index in [-0.39, 0.29) is 22.8 Å². The number of carbonyl (C=O) groups excluding carboxylic acids is 1. The number of carbonyl (C=O) groups is 1. The Kier molecular flexibility index (Phi) is 3.48. The van der Waals surface area contributed by atoms with Crippen molar-refractivity contribution in [3.63, 3.8) is 0 Å². The van der Waals surface area contributed by atoms with Crippen molar-refractivity contribution in [2.75, 3.05) is 0 Å². The van der Waals surface area contributed by atoms with Crippen molar-refractivity contribution in [1.82, 2.24) is 0 Å². The van der Waals surface area contributed by atoms with Crippen LogP contribution in [0.25, 0.3) is 0 Å². The van der Waals surface area contributed by atoms with Crippen LogP contribution < -0.4 is 0 Å². The highest BCUT2D eigenvalue weighted by Crippen LogP contribution is 2.36. The highest BCUT2D eigenvalue weighted by atomic mass is 35.5. The van der Waals surface area contributed by atoms with Crippen molar-refractivity contribution in [1.29, 1.82) is 0 Å². The first kappa shape index (κ1) is 12.8. The fourth-order valence-electron chi connectivity index (χ4n) is 1.21. The van der Waals surface area contributed by atoms with Crippen LogP contribution in [0, 0.1) is 0 Å². The van der Waals surface area contributed by atoms with E-state index in [4.69, 9.17) is 11.6 Å². The first-order valence-electron chi connectivity index (χ1n) is 4.30. The van der Waals surface area contributed by atoms with Gasteiger partial charge in [0.15, 0.2) is 0 Å². The maximum Gasteiger partial charge on any atom is 0.416 e. The molecule has 0 saturated heterocycles. The van der Waals surface area contributed by atoms with Gasteiger partial charge in [-0.2, -0.15) is 13.2 Å². The van der Waals surface area contributed by atoms with E-state index in [0.29, 0.717) is 12.1 Å². The average molecular weight is 253 g/mol. The van der Waals surface area contributed by atoms with Crippen molar-refractivity contribution in [3.05, 3.63) is 28.3 Å². The van der Waals surface area contributed by atoms with Gasteiger partial charge in [-0.25, -0.2) is 0 Å². The smallest absolute Gasteiger partial charge is 0.416 e. The van der Waals surface area contributed by atoms with Crippen LogP contribution in [0.2, 0.25) is 5.02 Å². The lowest BCUT2D eigenvalue weighted by molar-refractivity contribution is -0.137. The number of hydrogen-bond donors (Lipinski definition) is 1. The lowest BCUT2D eigenvalue weighted by atomic mass is 10.1. The molecule has 0 fully saturated rings. The number of hydrogen-bond acceptors (Lipinski definition) is 2. The van der Waals surface area contributed by atoms with Crippen LogP contribution in [0.3, 0.4) is 0 Å². The van der Waals surface area contributed by atoms with Crippen LogP contribution in [0.4, 0.5) is 13.2 Å². The number of phenolic OH excluding ortho intramolecular Hbond substituents is 1. The first-order valence-corrected chi connectivity index (χ1v) is 4.67. The topological polar surface area (TPSA) is 37.3 Å². The molecule has 0 saturated carbocycles. The van der Waals surface area contributed by atoms with Gasteiger partial charge >= 0.3 is 6.18 Å². The van der Waals surface area contributed by atoms with Crippen LogP contribution in [0.15, 0.2) is 12.1 Å². The Morgan fingerprint density at radius 3 is 2.38 bits per heavy atom. The summed E-state index contributed by atoms with van der Waals surface area (Å²) in [4.78, 5) is 10.8. The van der Waals surface area contributed by atoms with Crippen molar-refractivity contribution in [2.24, 2.45) is 0 Å². The molecule has 0 amide bonds. The minimum absolute atomic E-state index is 0.0159. The molecule has 1 N–H and O–H groups in total. The molecule has 6 heteroatoms. The van der Waals surface area contributed by atoms with Crippen molar-refractivity contribution < 1.29 is 23.1 Å². The molecule has 0 spiro atoms. The molecule has 1 aromatic carbocycles. The predicted octanol–water partition coefficient (Wildman–Crippen LogP) is 3.20. The molecular formula is C10H8ClF3O2. The molecule has 0 unspecified atom stereocenters. The standard InChI is InChI=1S/C10H8ClF3O2/c1-5(15)2-7-8(11)3-6(4-9(7)16)10(12,13)14/h3-4,16H,2H2,1H3. The van der Waals surface area contributed by atoms with Crippen LogP contribution in [0.5, 0.6) is 5.75 Å². The second-order valence-corrected chi connectivity index (χ2v) is 3.74. The lowest BCUT2D eigenvalue weighted by Crippen LogP contribution is -2.06. The van der Waals surface area contributed by atoms with Gasteiger partial charge in [0, 0.05) is 17.0 Å². The van der Waals surface area contributed by atoms with Crippen LogP contribution in [-0.4, -0.2) is 10.9 Å². The largest absolute Gasteiger partial charge is 0.508 e. The summed E-state index contributed by atoms with van der Waals surface area (Å²) in [5.74, 6) is -0.910. The fourth-order valence-corrected chi connectivity index (χ4v) is 1.49. The van der Waals surface area contributed by atoms with Gasteiger partial charge in [-0.3, -0.25) is 4.79 Å². The van der Waals surface area contributed by atoms with Crippen LogP contribution in [-0.2, 0) is 17.4 Å². The summed E-state index contributed by atoms with van der Waals surface area (Å²) in [5.41, 5.74) is -1.02. The maximum absolute atomic E-state index is 12.3. The van der Waals surface area contributed by atoms with E-state index in [2.05, 4.69) is 0 Å². The number of benzene rings is 1. The van der Waals surface area contributed by atoms with E-state index in [1.165, 1.54) is 6.92 Å². The number of Topliss-reactive ketones (excluding diaryl/α,β-unsaturated/α-hetero) is 1. The Morgan fingerprint density at radius 2 is 2.00 bits per heavy atom. The molecule has 0 aromatic heterocycles. The SMILES string of the molecule is CC(=O)Cc1c(O)cc(C(F)(F)F)cc1Cl. The predicted molar refractivity (Wildman–Crippen MR) is 52.5 cm³/mol. The summed E-state index contributed by atoms with van der Waals surface area (Å²) < 4.78 is 36.9. The van der Waals surface area contributed by atoms with Crippen molar-refractivity contribution in [3.8, 4) is 5.75 Å². The average Bonchev–Trinajstić information content (AvgIpc) is 2.09. The third-order valence-electron chi connectivity index (χ3n) is 1.92. The summed E-state index contributed by atoms with van der Waals surface area (Å²) in [6.45, 7) is 1.26. The Hall–Kier alpha value is -1.23. The molecule has 1 aromatic rings. The van der Waals surface area contributed by atoms with E-state index >= 15 is 0 Å². The molecular weight excluding hydrogens is 245 g/mol. The molecule has 0 heterocycles. The fraction of sp³-hybridized carbons (Fsp3) is 0.300. The summed E-state index contributed by atoms with van der Waals surface area (Å²) >= 11 is 5.57. The molecule has 0 aliphatic rings. The van der Waals surface area contributed by atoms with Gasteiger partial charge in [-0.1, -0.05) is 11.6 Å². The van der Waals surface area contributed by atoms with Gasteiger partial charge in [0.05, 0.1) is 5.56 Å². The highest BCUT2D eigenvalue weighted by Gasteiger charge is 2.32. The summed E-state index contributed by atoms with van der Waals surface area (Å²) in [5, 5.41) is 9.09. The molecule has 0 aliphatic carbocycles. The minimum Gasteiger partial charge on any atom is -0.508 e. The molecule has 0 radical (unpaired) electrons. The van der Waals surface area contributed by atoms with Gasteiger partial charge < -0.3 is 5.11 Å². The molecule has 16 heavy (non-hydrogen) atoms. The highest BCUT2D eigenvalue weighted by molar-refractivity contribution is 6.31. The molecule has 0 atom stereocenters. The third kappa shape index (κ3) is 2.88. The number of alkyl halides is 3. The second kappa shape index (κ2) is 4.33. The van der Waals surface area contributed by atoms with E-state index < -0.39 is 17.5 Å². The quantitative estimate of drug-likeness (QED) is 0.878. The number of aromatic hydroxyl groups is 1. The van der Waals surface area contributed by atoms with Crippen molar-refractivity contribution >= 4 is 17.4 Å². The molecule has 2 nitrogen and oxygen atoms in total. The van der Waals surface area contributed by atoms with Crippen molar-refractivity contribution in [2.45, 2.75) is 19.5 Å². The summed E-state index contributed by atoms with van der Waals surface area (Å²) in [6.07, 6.45) is -4.77. The Bertz CT molecular complexity index is 404. The Labute approximate surface area is 94.6 Å². The molecule has 88 valence electrons. The minimum atomic E-state index is -4.57. The number of phenols is 1. The van der Waals surface area contributed by atoms with Gasteiger partial charge in [0.2, 0.25) is 0 Å². The van der Waals surface area contributed by atoms with Gasteiger partial charge in [-0.05, 0) is 19.1 Å². The monoisotopic (exact) mass is 252 g/mol. The normalized spacial score (nSPS) is 11.6. The zero-order valence-electron chi connectivity index (χ0n) is 8.23. The summed E-state index contributed by atoms with van der Waals surface area (Å²) in [7, 11) is 0. The Balaban J connectivity index is 3.23. The molecule has 0 aliphatic heterocycles. The van der Waals surface area contributed by atoms with Gasteiger partial charge in [0.1, 0.15) is 11.5 Å².